The van der Waals surface area contributed by atoms with Gasteiger partial charge in [-0.15, -0.1) is 12.4 Å². The van der Waals surface area contributed by atoms with Gasteiger partial charge in [-0.2, -0.15) is 0 Å². The fourth-order valence-corrected chi connectivity index (χ4v) is 0.944. The number of nitrogens with two attached hydrogens (primary N) is 1. The maximum absolute atomic E-state index is 10.4. The highest BCUT2D eigenvalue weighted by atomic mass is 35.5. The van der Waals surface area contributed by atoms with E-state index >= 15 is 0 Å². The van der Waals surface area contributed by atoms with Crippen molar-refractivity contribution in [2.24, 2.45) is 5.73 Å². The predicted octanol–water partition coefficient (Wildman–Crippen LogP) is 1.29. The fraction of sp³-hybridized carbons (Fsp3) is 0.300. The Morgan fingerprint density at radius 1 is 1.40 bits per heavy atom. The lowest BCUT2D eigenvalue weighted by Gasteiger charge is -2.08. The van der Waals surface area contributed by atoms with Crippen molar-refractivity contribution >= 4 is 18.4 Å². The first-order valence-corrected chi connectivity index (χ1v) is 4.36. The molecule has 4 nitrogen and oxygen atoms in total. The third-order valence-corrected chi connectivity index (χ3v) is 1.76. The third-order valence-electron chi connectivity index (χ3n) is 1.76. The summed E-state index contributed by atoms with van der Waals surface area (Å²) in [5, 5.41) is 8.50. The predicted molar refractivity (Wildman–Crippen MR) is 59.4 cm³/mol. The Kier molecular flexibility index (Phi) is 6.49. The van der Waals surface area contributed by atoms with Crippen LogP contribution in [0.4, 0.5) is 0 Å². The molecule has 0 saturated heterocycles. The van der Waals surface area contributed by atoms with Crippen LogP contribution in [0.2, 0.25) is 0 Å². The summed E-state index contributed by atoms with van der Waals surface area (Å²) in [6.07, 6.45) is 0.310. The van der Waals surface area contributed by atoms with E-state index in [1.807, 2.05) is 30.3 Å². The average molecular weight is 232 g/mol. The molecule has 0 aliphatic heterocycles. The SMILES string of the molecule is Cl.N[C@@H](CCOc1ccccc1)C(=O)O. The number of para-hydroxylation sites is 1. The Morgan fingerprint density at radius 2 is 2.00 bits per heavy atom. The lowest BCUT2D eigenvalue weighted by atomic mass is 10.2. The van der Waals surface area contributed by atoms with Gasteiger partial charge in [0.25, 0.3) is 0 Å². The fourth-order valence-electron chi connectivity index (χ4n) is 0.944. The molecule has 0 aliphatic rings. The van der Waals surface area contributed by atoms with Crippen molar-refractivity contribution in [3.63, 3.8) is 0 Å². The van der Waals surface area contributed by atoms with Crippen molar-refractivity contribution in [2.45, 2.75) is 12.5 Å². The van der Waals surface area contributed by atoms with Crippen LogP contribution in [-0.2, 0) is 4.79 Å². The Bertz CT molecular complexity index is 292. The largest absolute Gasteiger partial charge is 0.494 e. The van der Waals surface area contributed by atoms with E-state index in [0.29, 0.717) is 13.0 Å². The molecular formula is C10H14ClNO3. The van der Waals surface area contributed by atoms with Crippen LogP contribution < -0.4 is 10.5 Å². The second-order valence-corrected chi connectivity index (χ2v) is 2.89. The summed E-state index contributed by atoms with van der Waals surface area (Å²) in [5.41, 5.74) is 5.30. The summed E-state index contributed by atoms with van der Waals surface area (Å²) < 4.78 is 5.28. The Morgan fingerprint density at radius 3 is 2.53 bits per heavy atom. The standard InChI is InChI=1S/C10H13NO3.ClH/c11-9(10(12)13)6-7-14-8-4-2-1-3-5-8;/h1-5,9H,6-7,11H2,(H,12,13);1H/t9-;/m0./s1. The van der Waals surface area contributed by atoms with E-state index in [9.17, 15) is 4.79 Å². The number of rotatable bonds is 5. The summed E-state index contributed by atoms with van der Waals surface area (Å²) in [5.74, 6) is -0.272. The molecule has 0 aromatic heterocycles. The van der Waals surface area contributed by atoms with E-state index < -0.39 is 12.0 Å². The van der Waals surface area contributed by atoms with Crippen LogP contribution in [0.1, 0.15) is 6.42 Å². The topological polar surface area (TPSA) is 72.5 Å². The molecule has 84 valence electrons. The van der Waals surface area contributed by atoms with Gasteiger partial charge in [0.1, 0.15) is 11.8 Å². The molecule has 1 aromatic rings. The van der Waals surface area contributed by atoms with Crippen LogP contribution in [0.15, 0.2) is 30.3 Å². The molecule has 1 rings (SSSR count). The quantitative estimate of drug-likeness (QED) is 0.801. The minimum Gasteiger partial charge on any atom is -0.494 e. The van der Waals surface area contributed by atoms with Gasteiger partial charge in [0.15, 0.2) is 0 Å². The molecule has 0 amide bonds. The molecule has 0 heterocycles. The summed E-state index contributed by atoms with van der Waals surface area (Å²) >= 11 is 0. The Balaban J connectivity index is 0.00000196. The molecule has 0 fully saturated rings. The molecule has 0 radical (unpaired) electrons. The molecule has 1 atom stereocenters. The molecule has 0 bridgehead atoms. The van der Waals surface area contributed by atoms with Crippen molar-refractivity contribution in [1.29, 1.82) is 0 Å². The average Bonchev–Trinajstić information content (AvgIpc) is 2.19. The summed E-state index contributed by atoms with van der Waals surface area (Å²) in [4.78, 5) is 10.4. The number of carboxylic acid groups (broad SMARTS) is 1. The van der Waals surface area contributed by atoms with E-state index in [2.05, 4.69) is 0 Å². The van der Waals surface area contributed by atoms with E-state index in [4.69, 9.17) is 15.6 Å². The number of aliphatic carboxylic acids is 1. The second kappa shape index (κ2) is 7.09. The Labute approximate surface area is 94.5 Å². The summed E-state index contributed by atoms with van der Waals surface area (Å²) in [6.45, 7) is 0.317. The van der Waals surface area contributed by atoms with Gasteiger partial charge in [0.2, 0.25) is 0 Å². The van der Waals surface area contributed by atoms with Gasteiger partial charge in [-0.25, -0.2) is 0 Å². The second-order valence-electron chi connectivity index (χ2n) is 2.89. The van der Waals surface area contributed by atoms with Gasteiger partial charge in [-0.3, -0.25) is 4.79 Å². The first kappa shape index (κ1) is 13.7. The number of ether oxygens (including phenoxy) is 1. The van der Waals surface area contributed by atoms with Gasteiger partial charge >= 0.3 is 5.97 Å². The summed E-state index contributed by atoms with van der Waals surface area (Å²) in [6, 6.07) is 8.37. The van der Waals surface area contributed by atoms with E-state index in [0.717, 1.165) is 5.75 Å². The highest BCUT2D eigenvalue weighted by molar-refractivity contribution is 5.85. The van der Waals surface area contributed by atoms with Crippen molar-refractivity contribution < 1.29 is 14.6 Å². The number of halogens is 1. The molecule has 3 N–H and O–H groups in total. The molecule has 0 spiro atoms. The van der Waals surface area contributed by atoms with Crippen LogP contribution >= 0.6 is 12.4 Å². The molecule has 0 aliphatic carbocycles. The maximum atomic E-state index is 10.4. The van der Waals surface area contributed by atoms with E-state index in [1.54, 1.807) is 0 Å². The highest BCUT2D eigenvalue weighted by Gasteiger charge is 2.10. The van der Waals surface area contributed by atoms with Crippen LogP contribution in [0, 0.1) is 0 Å². The molecular weight excluding hydrogens is 218 g/mol. The lowest BCUT2D eigenvalue weighted by Crippen LogP contribution is -2.31. The minimum atomic E-state index is -0.998. The van der Waals surface area contributed by atoms with Crippen molar-refractivity contribution in [1.82, 2.24) is 0 Å². The number of hydrogen-bond donors (Lipinski definition) is 2. The zero-order valence-electron chi connectivity index (χ0n) is 8.13. The number of carbonyl (C=O) groups is 1. The number of benzene rings is 1. The highest BCUT2D eigenvalue weighted by Crippen LogP contribution is 2.08. The van der Waals surface area contributed by atoms with Gasteiger partial charge in [0, 0.05) is 6.42 Å². The smallest absolute Gasteiger partial charge is 0.320 e. The van der Waals surface area contributed by atoms with Crippen molar-refractivity contribution in [3.05, 3.63) is 30.3 Å². The minimum absolute atomic E-state index is 0. The number of carboxylic acids is 1. The van der Waals surface area contributed by atoms with Gasteiger partial charge in [-0.05, 0) is 12.1 Å². The molecule has 0 saturated carbocycles. The van der Waals surface area contributed by atoms with Crippen molar-refractivity contribution in [3.8, 4) is 5.75 Å². The zero-order valence-corrected chi connectivity index (χ0v) is 8.94. The molecule has 0 unspecified atom stereocenters. The van der Waals surface area contributed by atoms with Crippen LogP contribution in [-0.4, -0.2) is 23.7 Å². The molecule has 5 heteroatoms. The summed E-state index contributed by atoms with van der Waals surface area (Å²) in [7, 11) is 0. The monoisotopic (exact) mass is 231 g/mol. The maximum Gasteiger partial charge on any atom is 0.320 e. The number of hydrogen-bond acceptors (Lipinski definition) is 3. The van der Waals surface area contributed by atoms with E-state index in [1.165, 1.54) is 0 Å². The van der Waals surface area contributed by atoms with Gasteiger partial charge in [-0.1, -0.05) is 18.2 Å². The van der Waals surface area contributed by atoms with Crippen molar-refractivity contribution in [2.75, 3.05) is 6.61 Å². The normalized spacial score (nSPS) is 11.3. The van der Waals surface area contributed by atoms with Gasteiger partial charge < -0.3 is 15.6 Å². The van der Waals surface area contributed by atoms with Gasteiger partial charge in [0.05, 0.1) is 6.61 Å². The first-order valence-electron chi connectivity index (χ1n) is 4.36. The van der Waals surface area contributed by atoms with Crippen LogP contribution in [0.25, 0.3) is 0 Å². The molecule has 15 heavy (non-hydrogen) atoms. The Hall–Kier alpha value is -1.26. The van der Waals surface area contributed by atoms with E-state index in [-0.39, 0.29) is 12.4 Å². The zero-order chi connectivity index (χ0) is 10.4. The molecule has 1 aromatic carbocycles. The lowest BCUT2D eigenvalue weighted by molar-refractivity contribution is -0.138. The van der Waals surface area contributed by atoms with Crippen LogP contribution in [0.5, 0.6) is 5.75 Å². The first-order chi connectivity index (χ1) is 6.70. The third kappa shape index (κ3) is 5.24. The van der Waals surface area contributed by atoms with Crippen LogP contribution in [0.3, 0.4) is 0 Å².